The number of anilines is 3. The van der Waals surface area contributed by atoms with Gasteiger partial charge in [-0.3, -0.25) is 9.78 Å². The number of rotatable bonds is 10. The normalized spacial score (nSPS) is 17.8. The zero-order chi connectivity index (χ0) is 30.5. The van der Waals surface area contributed by atoms with Gasteiger partial charge in [0.15, 0.2) is 0 Å². The van der Waals surface area contributed by atoms with Gasteiger partial charge in [-0.25, -0.2) is 12.8 Å². The molecule has 2 heterocycles. The van der Waals surface area contributed by atoms with Crippen LogP contribution >= 0.6 is 11.6 Å². The van der Waals surface area contributed by atoms with Gasteiger partial charge in [0, 0.05) is 35.5 Å². The van der Waals surface area contributed by atoms with Crippen LogP contribution in [0.15, 0.2) is 60.8 Å². The first kappa shape index (κ1) is 30.4. The van der Waals surface area contributed by atoms with E-state index in [1.54, 1.807) is 49.4 Å². The van der Waals surface area contributed by atoms with Gasteiger partial charge in [0.1, 0.15) is 49.7 Å². The number of hydrogen-bond donors (Lipinski definition) is 2. The summed E-state index contributed by atoms with van der Waals surface area (Å²) in [6.07, 6.45) is 1.84. The number of pyridine rings is 1. The summed E-state index contributed by atoms with van der Waals surface area (Å²) in [7, 11) is -3.01. The minimum atomic E-state index is -1.57. The molecule has 4 aromatic rings. The molecule has 43 heavy (non-hydrogen) atoms. The highest BCUT2D eigenvalue weighted by Crippen LogP contribution is 2.37. The summed E-state index contributed by atoms with van der Waals surface area (Å²) in [4.78, 5) is 17.3. The van der Waals surface area contributed by atoms with Crippen LogP contribution in [-0.2, 0) is 31.1 Å². The van der Waals surface area contributed by atoms with Crippen LogP contribution in [0.25, 0.3) is 10.9 Å². The van der Waals surface area contributed by atoms with E-state index in [4.69, 9.17) is 21.1 Å². The van der Waals surface area contributed by atoms with Crippen molar-refractivity contribution in [3.05, 3.63) is 82.8 Å². The van der Waals surface area contributed by atoms with E-state index >= 15 is 0 Å². The number of halogens is 2. The molecule has 1 aromatic heterocycles. The minimum Gasteiger partial charge on any atom is -0.492 e. The molecular formula is C30H26ClFN4O5S2. The molecule has 3 aromatic carbocycles. The fraction of sp³-hybridized carbons (Fsp3) is 0.233. The van der Waals surface area contributed by atoms with E-state index in [1.807, 2.05) is 0 Å². The van der Waals surface area contributed by atoms with Crippen LogP contribution in [0.5, 0.6) is 11.5 Å². The van der Waals surface area contributed by atoms with Crippen molar-refractivity contribution in [1.82, 2.24) is 4.98 Å². The number of carbonyl (C=O) groups excluding carboxylic acids is 1. The number of benzene rings is 3. The molecule has 0 radical (unpaired) electrons. The maximum Gasteiger partial charge on any atom is 0.225 e. The van der Waals surface area contributed by atoms with Crippen LogP contribution in [-0.4, -0.2) is 36.9 Å². The van der Waals surface area contributed by atoms with Gasteiger partial charge < -0.3 is 20.1 Å². The van der Waals surface area contributed by atoms with Crippen molar-refractivity contribution in [3.8, 4) is 17.6 Å². The molecule has 0 bridgehead atoms. The van der Waals surface area contributed by atoms with Crippen LogP contribution in [0.3, 0.4) is 0 Å². The molecule has 13 heteroatoms. The highest BCUT2D eigenvalue weighted by Gasteiger charge is 2.32. The first-order valence-electron chi connectivity index (χ1n) is 13.3. The van der Waals surface area contributed by atoms with Gasteiger partial charge in [0.2, 0.25) is 5.91 Å². The van der Waals surface area contributed by atoms with Gasteiger partial charge in [-0.2, -0.15) is 5.26 Å². The number of ether oxygens (including phenoxy) is 2. The second kappa shape index (κ2) is 13.5. The van der Waals surface area contributed by atoms with E-state index in [2.05, 4.69) is 21.7 Å². The Kier molecular flexibility index (Phi) is 9.55. The summed E-state index contributed by atoms with van der Waals surface area (Å²) < 4.78 is 49.0. The summed E-state index contributed by atoms with van der Waals surface area (Å²) in [6, 6.07) is 16.6. The molecule has 0 aliphatic carbocycles. The molecule has 1 aliphatic rings. The quantitative estimate of drug-likeness (QED) is 0.198. The Labute approximate surface area is 256 Å². The molecule has 1 amide bonds. The maximum absolute atomic E-state index is 13.5. The first-order valence-corrected chi connectivity index (χ1v) is 16.7. The highest BCUT2D eigenvalue weighted by molar-refractivity contribution is 8.61. The van der Waals surface area contributed by atoms with Crippen LogP contribution in [0.1, 0.15) is 30.9 Å². The van der Waals surface area contributed by atoms with Gasteiger partial charge >= 0.3 is 0 Å². The van der Waals surface area contributed by atoms with Crippen LogP contribution in [0.4, 0.5) is 21.5 Å². The molecular weight excluding hydrogens is 615 g/mol. The Morgan fingerprint density at radius 1 is 1.16 bits per heavy atom. The number of nitriles is 1. The van der Waals surface area contributed by atoms with Crippen molar-refractivity contribution in [2.75, 3.05) is 23.0 Å². The summed E-state index contributed by atoms with van der Waals surface area (Å²) >= 11 is 6.49. The van der Waals surface area contributed by atoms with E-state index < -0.39 is 30.8 Å². The van der Waals surface area contributed by atoms with Crippen molar-refractivity contribution in [2.45, 2.75) is 31.6 Å². The van der Waals surface area contributed by atoms with E-state index in [1.165, 1.54) is 18.3 Å². The molecule has 1 fully saturated rings. The lowest BCUT2D eigenvalue weighted by Crippen LogP contribution is -2.21. The van der Waals surface area contributed by atoms with E-state index in [0.717, 1.165) is 0 Å². The van der Waals surface area contributed by atoms with Crippen LogP contribution < -0.4 is 20.1 Å². The Hall–Kier alpha value is -4.05. The number of nitrogens with zero attached hydrogens (tertiary/aromatic N) is 2. The number of aromatic nitrogens is 1. The average Bonchev–Trinajstić information content (AvgIpc) is 3.29. The summed E-state index contributed by atoms with van der Waals surface area (Å²) in [5.74, 6) is 0.341. The lowest BCUT2D eigenvalue weighted by Gasteiger charge is -2.17. The third kappa shape index (κ3) is 7.13. The summed E-state index contributed by atoms with van der Waals surface area (Å²) in [5, 5.41) is 16.3. The van der Waals surface area contributed by atoms with Crippen LogP contribution in [0, 0.1) is 17.1 Å². The predicted octanol–water partition coefficient (Wildman–Crippen LogP) is 6.13. The molecule has 1 saturated heterocycles. The Balaban J connectivity index is 1.42. The Morgan fingerprint density at radius 2 is 2.00 bits per heavy atom. The Morgan fingerprint density at radius 3 is 2.70 bits per heavy atom. The third-order valence-corrected chi connectivity index (χ3v) is 11.2. The first-order chi connectivity index (χ1) is 20.7. The average molecular weight is 641 g/mol. The topological polar surface area (TPSA) is 130 Å². The number of fused-ring (bicyclic) bond motifs is 1. The van der Waals surface area contributed by atoms with Crippen LogP contribution in [0.2, 0.25) is 5.02 Å². The van der Waals surface area contributed by atoms with E-state index in [-0.39, 0.29) is 24.4 Å². The third-order valence-electron chi connectivity index (χ3n) is 6.62. The van der Waals surface area contributed by atoms with Crippen molar-refractivity contribution in [2.24, 2.45) is 0 Å². The molecule has 5 rings (SSSR count). The lowest BCUT2D eigenvalue weighted by molar-refractivity contribution is -0.116. The molecule has 3 unspecified atom stereocenters. The molecule has 2 N–H and O–H groups in total. The van der Waals surface area contributed by atoms with Crippen molar-refractivity contribution < 1.29 is 27.1 Å². The maximum atomic E-state index is 13.5. The van der Waals surface area contributed by atoms with Gasteiger partial charge in [-0.15, -0.1) is 0 Å². The minimum absolute atomic E-state index is 0.0460. The monoisotopic (exact) mass is 640 g/mol. The van der Waals surface area contributed by atoms with Crippen molar-refractivity contribution in [1.29, 1.82) is 5.26 Å². The Bertz CT molecular complexity index is 1800. The fourth-order valence-electron chi connectivity index (χ4n) is 4.58. The molecule has 0 saturated carbocycles. The smallest absolute Gasteiger partial charge is 0.225 e. The number of nitrogens with one attached hydrogen (secondary N) is 2. The standard InChI is InChI=1S/C30H26ClFN4O5S2/c1-2-40-28-14-25-23(13-26(28)36-29(37)12-22-8-9-42(38)43(22)39)30(19(15-33)16-34-25)35-21-6-7-27(24(31)11-21)41-17-18-4-3-5-20(32)10-18/h3-7,10-11,13-14,16,22H,2,8-9,12,17H2,1H3,(H,34,35)(H,36,37). The highest BCUT2D eigenvalue weighted by atomic mass is 35.5. The van der Waals surface area contributed by atoms with Gasteiger partial charge in [0.25, 0.3) is 0 Å². The van der Waals surface area contributed by atoms with Gasteiger partial charge in [-0.1, -0.05) is 23.7 Å². The lowest BCUT2D eigenvalue weighted by atomic mass is 10.1. The van der Waals surface area contributed by atoms with Gasteiger partial charge in [0.05, 0.1) is 39.3 Å². The second-order valence-electron chi connectivity index (χ2n) is 9.58. The zero-order valence-electron chi connectivity index (χ0n) is 22.9. The molecule has 222 valence electrons. The number of amides is 1. The molecule has 1 aliphatic heterocycles. The van der Waals surface area contributed by atoms with E-state index in [9.17, 15) is 22.9 Å². The number of hydrogen-bond acceptors (Lipinski definition) is 8. The molecule has 0 spiro atoms. The number of carbonyl (C=O) groups is 1. The second-order valence-corrected chi connectivity index (χ2v) is 14.3. The SMILES string of the molecule is CCOc1cc2ncc(C#N)c(Nc3ccc(OCc4cccc(F)c4)c(Cl)c3)c2cc1NC(=O)CC1CCS(=O)S1=O. The van der Waals surface area contributed by atoms with Crippen molar-refractivity contribution in [3.63, 3.8) is 0 Å². The summed E-state index contributed by atoms with van der Waals surface area (Å²) in [6.45, 7) is 2.26. The zero-order valence-corrected chi connectivity index (χ0v) is 25.3. The van der Waals surface area contributed by atoms with E-state index in [0.29, 0.717) is 68.8 Å². The van der Waals surface area contributed by atoms with Gasteiger partial charge in [-0.05, 0) is 55.3 Å². The summed E-state index contributed by atoms with van der Waals surface area (Å²) in [5.41, 5.74) is 2.76. The molecule has 9 nitrogen and oxygen atoms in total. The molecule has 3 atom stereocenters. The largest absolute Gasteiger partial charge is 0.492 e. The fourth-order valence-corrected chi connectivity index (χ4v) is 8.69. The predicted molar refractivity (Wildman–Crippen MR) is 166 cm³/mol. The van der Waals surface area contributed by atoms with Crippen molar-refractivity contribution >= 4 is 65.1 Å².